The number of nitrogens with one attached hydrogen (secondary N) is 4. The van der Waals surface area contributed by atoms with Crippen LogP contribution in [0, 0.1) is 17.7 Å². The van der Waals surface area contributed by atoms with E-state index in [1.54, 1.807) is 6.07 Å². The summed E-state index contributed by atoms with van der Waals surface area (Å²) >= 11 is 8.40. The first-order chi connectivity index (χ1) is 22.1. The summed E-state index contributed by atoms with van der Waals surface area (Å²) in [5.41, 5.74) is 9.44. The Labute approximate surface area is 280 Å². The number of hydrogen-bond acceptors (Lipinski definition) is 7. The lowest BCUT2D eigenvalue weighted by Crippen LogP contribution is -2.15. The van der Waals surface area contributed by atoms with Crippen molar-refractivity contribution < 1.29 is 14.6 Å². The number of rotatable bonds is 3. The molecule has 0 amide bonds. The lowest BCUT2D eigenvalue weighted by Gasteiger charge is -2.22. The molecule has 1 aromatic heterocycles. The Balaban J connectivity index is 1.61. The van der Waals surface area contributed by atoms with Crippen LogP contribution in [0.1, 0.15) is 70.9 Å². The number of benzene rings is 2. The summed E-state index contributed by atoms with van der Waals surface area (Å²) in [5, 5.41) is 35.9. The van der Waals surface area contributed by atoms with Crippen molar-refractivity contribution in [3.8, 4) is 5.75 Å². The number of carboxylic acids is 1. The summed E-state index contributed by atoms with van der Waals surface area (Å²) in [6.45, 7) is 4.65. The Morgan fingerprint density at radius 3 is 2.59 bits per heavy atom. The average Bonchev–Trinajstić information content (AvgIpc) is 3.32. The molecule has 0 saturated heterocycles. The molecular formula is C36H44ClN5O3S. The van der Waals surface area contributed by atoms with Crippen molar-refractivity contribution in [1.82, 2.24) is 15.2 Å². The highest BCUT2D eigenvalue weighted by molar-refractivity contribution is 8.00. The maximum atomic E-state index is 12.7. The molecule has 0 atom stereocenters. The molecule has 6 bridgehead atoms. The van der Waals surface area contributed by atoms with E-state index < -0.39 is 5.97 Å². The number of ether oxygens (including phenoxy) is 1. The van der Waals surface area contributed by atoms with E-state index in [4.69, 9.17) is 27.2 Å². The molecule has 0 saturated carbocycles. The number of allylic oxidation sites excluding steroid dienone is 4. The van der Waals surface area contributed by atoms with Gasteiger partial charge in [0.15, 0.2) is 0 Å². The predicted octanol–water partition coefficient (Wildman–Crippen LogP) is 7.42. The van der Waals surface area contributed by atoms with Crippen LogP contribution < -0.4 is 15.4 Å². The van der Waals surface area contributed by atoms with Crippen LogP contribution in [0.15, 0.2) is 41.7 Å². The maximum absolute atomic E-state index is 12.7. The zero-order chi connectivity index (χ0) is 33.0. The van der Waals surface area contributed by atoms with E-state index >= 15 is 0 Å². The molecule has 1 aliphatic heterocycles. The van der Waals surface area contributed by atoms with Gasteiger partial charge in [-0.1, -0.05) is 17.7 Å². The van der Waals surface area contributed by atoms with Crippen molar-refractivity contribution in [2.45, 2.75) is 65.3 Å². The van der Waals surface area contributed by atoms with E-state index in [-0.39, 0.29) is 5.69 Å². The summed E-state index contributed by atoms with van der Waals surface area (Å²) in [7, 11) is 3.71. The van der Waals surface area contributed by atoms with E-state index in [0.717, 1.165) is 60.2 Å². The third kappa shape index (κ3) is 7.00. The highest BCUT2D eigenvalue weighted by atomic mass is 35.5. The second-order valence-electron chi connectivity index (χ2n) is 12.1. The van der Waals surface area contributed by atoms with Gasteiger partial charge < -0.3 is 35.9 Å². The van der Waals surface area contributed by atoms with Crippen molar-refractivity contribution in [2.24, 2.45) is 0 Å². The Morgan fingerprint density at radius 1 is 1.07 bits per heavy atom. The maximum Gasteiger partial charge on any atom is 0.352 e. The van der Waals surface area contributed by atoms with Gasteiger partial charge in [0.25, 0.3) is 0 Å². The normalized spacial score (nSPS) is 19.0. The van der Waals surface area contributed by atoms with Crippen LogP contribution in [0.25, 0.3) is 16.5 Å². The van der Waals surface area contributed by atoms with Crippen LogP contribution >= 0.6 is 23.4 Å². The Hall–Kier alpha value is -3.69. The van der Waals surface area contributed by atoms with Crippen LogP contribution in [0.3, 0.4) is 0 Å². The lowest BCUT2D eigenvalue weighted by molar-refractivity contribution is 0.0684. The van der Waals surface area contributed by atoms with Gasteiger partial charge in [-0.2, -0.15) is 0 Å². The second kappa shape index (κ2) is 14.8. The lowest BCUT2D eigenvalue weighted by atomic mass is 9.88. The molecule has 5 rings (SSSR count). The van der Waals surface area contributed by atoms with E-state index in [0.29, 0.717) is 64.2 Å². The monoisotopic (exact) mass is 661 g/mol. The SMILES string of the molecule is CN/C1=C\C(=N)CSCC(=N)/C(=C(/C)NC)c2c(Cl)ccc3c2c(C)c(C(=O)O)n3CCCOc2cc(cc3c2CCCC3)CC1. The molecule has 2 aliphatic rings. The van der Waals surface area contributed by atoms with Crippen LogP contribution in [-0.4, -0.2) is 59.3 Å². The zero-order valence-corrected chi connectivity index (χ0v) is 28.7. The number of fused-ring (bicyclic) bond motifs is 4. The number of thioether (sulfide) groups is 1. The number of aryl methyl sites for hydroxylation is 4. The van der Waals surface area contributed by atoms with Gasteiger partial charge >= 0.3 is 5.97 Å². The molecule has 0 spiro atoms. The highest BCUT2D eigenvalue weighted by Crippen LogP contribution is 2.39. The molecule has 1 aliphatic carbocycles. The van der Waals surface area contributed by atoms with Crippen molar-refractivity contribution >= 4 is 57.2 Å². The van der Waals surface area contributed by atoms with Crippen LogP contribution in [-0.2, 0) is 25.8 Å². The minimum atomic E-state index is -0.998. The fourth-order valence-electron chi connectivity index (χ4n) is 6.76. The fraction of sp³-hybridized carbons (Fsp3) is 0.417. The molecule has 2 heterocycles. The minimum Gasteiger partial charge on any atom is -0.493 e. The van der Waals surface area contributed by atoms with Crippen LogP contribution in [0.5, 0.6) is 5.75 Å². The topological polar surface area (TPSA) is 123 Å². The molecule has 5 N–H and O–H groups in total. The third-order valence-corrected chi connectivity index (χ3v) is 10.4. The molecule has 3 aromatic rings. The molecule has 244 valence electrons. The van der Waals surface area contributed by atoms with Gasteiger partial charge in [0.2, 0.25) is 0 Å². The Bertz CT molecular complexity index is 1760. The average molecular weight is 662 g/mol. The first-order valence-electron chi connectivity index (χ1n) is 16.0. The van der Waals surface area contributed by atoms with Crippen LogP contribution in [0.2, 0.25) is 5.02 Å². The van der Waals surface area contributed by atoms with Gasteiger partial charge in [-0.15, -0.1) is 11.8 Å². The number of carboxylic acid groups (broad SMARTS) is 1. The van der Waals surface area contributed by atoms with E-state index in [9.17, 15) is 9.90 Å². The standard InChI is InChI=1S/C36H44ClN5O3S/c1-21-32-30-13-12-28(37)34(32)33(22(2)40-3)29(39)20-46-19-25(38)18-26(41-4)11-10-23-16-24-8-5-6-9-27(24)31(17-23)45-15-7-14-42(30)35(21)36(43)44/h12-13,16-18,38-41H,5-11,14-15,19-20H2,1-4H3,(H,43,44)/b26-18-,33-22+,38-25?,39-29?. The number of aromatic carboxylic acids is 1. The van der Waals surface area contributed by atoms with Gasteiger partial charge in [-0.3, -0.25) is 0 Å². The van der Waals surface area contributed by atoms with Gasteiger partial charge in [0.1, 0.15) is 11.4 Å². The van der Waals surface area contributed by atoms with Crippen molar-refractivity contribution in [2.75, 3.05) is 32.2 Å². The zero-order valence-electron chi connectivity index (χ0n) is 27.2. The summed E-state index contributed by atoms with van der Waals surface area (Å²) in [6.07, 6.45) is 8.53. The summed E-state index contributed by atoms with van der Waals surface area (Å²) in [5.74, 6) is 0.760. The van der Waals surface area contributed by atoms with Gasteiger partial charge in [0.05, 0.1) is 12.3 Å². The first kappa shape index (κ1) is 33.7. The Kier molecular flexibility index (Phi) is 10.8. The molecule has 0 radical (unpaired) electrons. The molecular weight excluding hydrogens is 618 g/mol. The second-order valence-corrected chi connectivity index (χ2v) is 13.4. The highest BCUT2D eigenvalue weighted by Gasteiger charge is 2.26. The van der Waals surface area contributed by atoms with Gasteiger partial charge in [-0.05, 0) is 105 Å². The van der Waals surface area contributed by atoms with Gasteiger partial charge in [0, 0.05) is 76.3 Å². The number of hydrogen-bond donors (Lipinski definition) is 5. The van der Waals surface area contributed by atoms with Crippen molar-refractivity contribution in [1.29, 1.82) is 10.8 Å². The van der Waals surface area contributed by atoms with Gasteiger partial charge in [-0.25, -0.2) is 4.79 Å². The number of halogens is 1. The quantitative estimate of drug-likeness (QED) is 0.199. The molecule has 0 unspecified atom stereocenters. The molecule has 2 aromatic carbocycles. The molecule has 8 nitrogen and oxygen atoms in total. The number of aromatic nitrogens is 1. The molecule has 0 fully saturated rings. The van der Waals surface area contributed by atoms with Crippen molar-refractivity contribution in [3.05, 3.63) is 80.3 Å². The summed E-state index contributed by atoms with van der Waals surface area (Å²) in [6, 6.07) is 8.19. The van der Waals surface area contributed by atoms with E-state index in [2.05, 4.69) is 22.8 Å². The first-order valence-corrected chi connectivity index (χ1v) is 17.5. The van der Waals surface area contributed by atoms with Crippen LogP contribution in [0.4, 0.5) is 0 Å². The van der Waals surface area contributed by atoms with E-state index in [1.807, 2.05) is 44.7 Å². The summed E-state index contributed by atoms with van der Waals surface area (Å²) in [4.78, 5) is 12.7. The fourth-order valence-corrected chi connectivity index (χ4v) is 7.76. The molecule has 10 heteroatoms. The number of nitrogens with zero attached hydrogens (tertiary/aromatic N) is 1. The third-order valence-electron chi connectivity index (χ3n) is 9.05. The molecule has 46 heavy (non-hydrogen) atoms. The van der Waals surface area contributed by atoms with E-state index in [1.165, 1.54) is 34.9 Å². The minimum absolute atomic E-state index is 0.225. The van der Waals surface area contributed by atoms with Crippen molar-refractivity contribution in [3.63, 3.8) is 0 Å². The smallest absolute Gasteiger partial charge is 0.352 e. The number of carbonyl (C=O) groups is 1. The Morgan fingerprint density at radius 2 is 1.85 bits per heavy atom. The summed E-state index contributed by atoms with van der Waals surface area (Å²) < 4.78 is 8.34. The largest absolute Gasteiger partial charge is 0.493 e. The predicted molar refractivity (Wildman–Crippen MR) is 192 cm³/mol.